The highest BCUT2D eigenvalue weighted by molar-refractivity contribution is 7.89. The molecule has 1 aromatic carbocycles. The Kier molecular flexibility index (Phi) is 5.75. The molecule has 1 fully saturated rings. The zero-order valence-electron chi connectivity index (χ0n) is 13.2. The summed E-state index contributed by atoms with van der Waals surface area (Å²) in [5.41, 5.74) is -1.19. The fourth-order valence-corrected chi connectivity index (χ4v) is 4.39. The smallest absolute Gasteiger partial charge is 0.345 e. The molecule has 0 spiro atoms. The SMILES string of the molecule is C#CCNC(=O)C1CCN(S(=O)(=O)c2ccccc2C(F)(F)F)CC1. The molecule has 1 aliphatic heterocycles. The van der Waals surface area contributed by atoms with Crippen molar-refractivity contribution >= 4 is 15.9 Å². The summed E-state index contributed by atoms with van der Waals surface area (Å²) in [4.78, 5) is 11.1. The van der Waals surface area contributed by atoms with Gasteiger partial charge in [0.15, 0.2) is 0 Å². The lowest BCUT2D eigenvalue weighted by Gasteiger charge is -2.31. The molecule has 2 rings (SSSR count). The molecule has 0 bridgehead atoms. The summed E-state index contributed by atoms with van der Waals surface area (Å²) in [5, 5.41) is 2.52. The summed E-state index contributed by atoms with van der Waals surface area (Å²) in [7, 11) is -4.29. The molecule has 1 saturated heterocycles. The van der Waals surface area contributed by atoms with Gasteiger partial charge in [-0.1, -0.05) is 18.1 Å². The number of carbonyl (C=O) groups excluding carboxylic acids is 1. The Morgan fingerprint density at radius 3 is 2.44 bits per heavy atom. The van der Waals surface area contributed by atoms with Gasteiger partial charge in [-0.25, -0.2) is 8.42 Å². The Morgan fingerprint density at radius 1 is 1.28 bits per heavy atom. The lowest BCUT2D eigenvalue weighted by Crippen LogP contribution is -2.43. The van der Waals surface area contributed by atoms with E-state index in [1.807, 2.05) is 0 Å². The van der Waals surface area contributed by atoms with E-state index in [9.17, 15) is 26.4 Å². The molecule has 0 aliphatic carbocycles. The maximum atomic E-state index is 13.1. The number of halogens is 3. The maximum absolute atomic E-state index is 13.1. The van der Waals surface area contributed by atoms with Crippen LogP contribution in [0, 0.1) is 18.3 Å². The van der Waals surface area contributed by atoms with Crippen molar-refractivity contribution < 1.29 is 26.4 Å². The Hall–Kier alpha value is -2.05. The summed E-state index contributed by atoms with van der Waals surface area (Å²) in [6.07, 6.45) is 0.740. The number of piperidine rings is 1. The average molecular weight is 374 g/mol. The molecule has 136 valence electrons. The number of nitrogens with one attached hydrogen (secondary N) is 1. The van der Waals surface area contributed by atoms with Crippen molar-refractivity contribution in [3.63, 3.8) is 0 Å². The van der Waals surface area contributed by atoms with E-state index in [0.717, 1.165) is 22.5 Å². The maximum Gasteiger partial charge on any atom is 0.417 e. The molecule has 9 heteroatoms. The van der Waals surface area contributed by atoms with Gasteiger partial charge in [0, 0.05) is 19.0 Å². The Morgan fingerprint density at radius 2 is 1.88 bits per heavy atom. The molecule has 0 atom stereocenters. The van der Waals surface area contributed by atoms with Gasteiger partial charge < -0.3 is 5.32 Å². The summed E-state index contributed by atoms with van der Waals surface area (Å²) in [6.45, 7) is 0.0294. The summed E-state index contributed by atoms with van der Waals surface area (Å²) >= 11 is 0. The molecular weight excluding hydrogens is 357 g/mol. The normalized spacial score (nSPS) is 17.0. The van der Waals surface area contributed by atoms with Crippen molar-refractivity contribution in [2.45, 2.75) is 23.9 Å². The first-order chi connectivity index (χ1) is 11.7. The van der Waals surface area contributed by atoms with Gasteiger partial charge in [0.25, 0.3) is 0 Å². The van der Waals surface area contributed by atoms with Crippen molar-refractivity contribution in [3.8, 4) is 12.3 Å². The quantitative estimate of drug-likeness (QED) is 0.818. The molecule has 1 amide bonds. The molecule has 0 radical (unpaired) electrons. The number of benzene rings is 1. The van der Waals surface area contributed by atoms with E-state index in [1.165, 1.54) is 6.07 Å². The van der Waals surface area contributed by atoms with Crippen LogP contribution < -0.4 is 5.32 Å². The van der Waals surface area contributed by atoms with E-state index in [4.69, 9.17) is 6.42 Å². The zero-order chi connectivity index (χ0) is 18.7. The van der Waals surface area contributed by atoms with Gasteiger partial charge in [0.1, 0.15) is 0 Å². The Bertz CT molecular complexity index is 777. The molecule has 5 nitrogen and oxygen atoms in total. The van der Waals surface area contributed by atoms with Crippen LogP contribution in [0.5, 0.6) is 0 Å². The van der Waals surface area contributed by atoms with Crippen molar-refractivity contribution in [2.24, 2.45) is 5.92 Å². The summed E-state index contributed by atoms with van der Waals surface area (Å²) in [6, 6.07) is 4.09. The predicted molar refractivity (Wildman–Crippen MR) is 84.8 cm³/mol. The number of nitrogens with zero attached hydrogens (tertiary/aromatic N) is 1. The van der Waals surface area contributed by atoms with Crippen LogP contribution >= 0.6 is 0 Å². The second-order valence-corrected chi connectivity index (χ2v) is 7.50. The number of alkyl halides is 3. The molecule has 25 heavy (non-hydrogen) atoms. The second-order valence-electron chi connectivity index (χ2n) is 5.59. The van der Waals surface area contributed by atoms with Gasteiger partial charge in [0.2, 0.25) is 15.9 Å². The van der Waals surface area contributed by atoms with Gasteiger partial charge >= 0.3 is 6.18 Å². The van der Waals surface area contributed by atoms with Gasteiger partial charge in [-0.2, -0.15) is 17.5 Å². The first kappa shape index (κ1) is 19.3. The van der Waals surface area contributed by atoms with Gasteiger partial charge in [-0.15, -0.1) is 6.42 Å². The molecule has 1 N–H and O–H groups in total. The third-order valence-corrected chi connectivity index (χ3v) is 5.96. The fraction of sp³-hybridized carbons (Fsp3) is 0.438. The largest absolute Gasteiger partial charge is 0.417 e. The van der Waals surface area contributed by atoms with Crippen LogP contribution in [0.15, 0.2) is 29.2 Å². The Labute approximate surface area is 144 Å². The van der Waals surface area contributed by atoms with E-state index < -0.39 is 32.6 Å². The number of terminal acetylenes is 1. The van der Waals surface area contributed by atoms with E-state index in [2.05, 4.69) is 11.2 Å². The lowest BCUT2D eigenvalue weighted by atomic mass is 9.97. The molecule has 0 saturated carbocycles. The van der Waals surface area contributed by atoms with Gasteiger partial charge in [0.05, 0.1) is 17.0 Å². The average Bonchev–Trinajstić information content (AvgIpc) is 2.59. The van der Waals surface area contributed by atoms with E-state index in [-0.39, 0.29) is 38.4 Å². The van der Waals surface area contributed by atoms with Crippen LogP contribution in [0.4, 0.5) is 13.2 Å². The molecule has 1 aromatic rings. The molecular formula is C16H17F3N2O3S. The molecule has 1 aliphatic rings. The monoisotopic (exact) mass is 374 g/mol. The predicted octanol–water partition coefficient (Wildman–Crippen LogP) is 1.86. The standard InChI is InChI=1S/C16H17F3N2O3S/c1-2-9-20-15(22)12-7-10-21(11-8-12)25(23,24)14-6-4-3-5-13(14)16(17,18)19/h1,3-6,12H,7-11H2,(H,20,22). The third-order valence-electron chi connectivity index (χ3n) is 4.00. The van der Waals surface area contributed by atoms with Gasteiger partial charge in [-0.3, -0.25) is 4.79 Å². The second kappa shape index (κ2) is 7.45. The van der Waals surface area contributed by atoms with Crippen LogP contribution in [-0.2, 0) is 21.0 Å². The fourth-order valence-electron chi connectivity index (χ4n) is 2.71. The number of carbonyl (C=O) groups is 1. The molecule has 0 aromatic heterocycles. The number of hydrogen-bond acceptors (Lipinski definition) is 3. The van der Waals surface area contributed by atoms with E-state index in [1.54, 1.807) is 0 Å². The minimum Gasteiger partial charge on any atom is -0.345 e. The van der Waals surface area contributed by atoms with Crippen LogP contribution in [-0.4, -0.2) is 38.3 Å². The third kappa shape index (κ3) is 4.32. The first-order valence-corrected chi connectivity index (χ1v) is 8.99. The first-order valence-electron chi connectivity index (χ1n) is 7.55. The number of sulfonamides is 1. The molecule has 1 heterocycles. The highest BCUT2D eigenvalue weighted by Crippen LogP contribution is 2.36. The highest BCUT2D eigenvalue weighted by Gasteiger charge is 2.40. The highest BCUT2D eigenvalue weighted by atomic mass is 32.2. The summed E-state index contributed by atoms with van der Waals surface area (Å²) < 4.78 is 65.4. The minimum atomic E-state index is -4.77. The number of rotatable bonds is 4. The van der Waals surface area contributed by atoms with E-state index >= 15 is 0 Å². The Balaban J connectivity index is 2.16. The summed E-state index contributed by atoms with van der Waals surface area (Å²) in [5.74, 6) is 1.59. The minimum absolute atomic E-state index is 0.0251. The van der Waals surface area contributed by atoms with Crippen molar-refractivity contribution in [3.05, 3.63) is 29.8 Å². The topological polar surface area (TPSA) is 66.5 Å². The zero-order valence-corrected chi connectivity index (χ0v) is 14.0. The number of amides is 1. The van der Waals surface area contributed by atoms with Crippen LogP contribution in [0.3, 0.4) is 0 Å². The molecule has 0 unspecified atom stereocenters. The number of hydrogen-bond donors (Lipinski definition) is 1. The van der Waals surface area contributed by atoms with Crippen LogP contribution in [0.2, 0.25) is 0 Å². The van der Waals surface area contributed by atoms with Crippen molar-refractivity contribution in [1.29, 1.82) is 0 Å². The van der Waals surface area contributed by atoms with Crippen molar-refractivity contribution in [2.75, 3.05) is 19.6 Å². The van der Waals surface area contributed by atoms with Crippen molar-refractivity contribution in [1.82, 2.24) is 9.62 Å². The van der Waals surface area contributed by atoms with Gasteiger partial charge in [-0.05, 0) is 25.0 Å². The lowest BCUT2D eigenvalue weighted by molar-refractivity contribution is -0.139. The van der Waals surface area contributed by atoms with Crippen LogP contribution in [0.1, 0.15) is 18.4 Å². The van der Waals surface area contributed by atoms with E-state index in [0.29, 0.717) is 0 Å². The van der Waals surface area contributed by atoms with Crippen LogP contribution in [0.25, 0.3) is 0 Å².